The number of fused-ring (bicyclic) bond motifs is 3. The maximum absolute atomic E-state index is 12.6. The summed E-state index contributed by atoms with van der Waals surface area (Å²) in [7, 11) is -7.97. The molecular formula is C14H16ClN3O4S2. The van der Waals surface area contributed by atoms with Gasteiger partial charge in [0.25, 0.3) is 0 Å². The molecule has 0 amide bonds. The number of primary sulfonamides is 1. The van der Waals surface area contributed by atoms with Crippen molar-refractivity contribution < 1.29 is 16.8 Å². The Morgan fingerprint density at radius 3 is 2.54 bits per heavy atom. The van der Waals surface area contributed by atoms with Crippen LogP contribution in [0, 0.1) is 17.8 Å². The van der Waals surface area contributed by atoms with E-state index in [1.54, 1.807) is 0 Å². The Morgan fingerprint density at radius 2 is 1.96 bits per heavy atom. The Balaban J connectivity index is 1.76. The Hall–Kier alpha value is -1.13. The molecule has 1 aromatic rings. The maximum atomic E-state index is 12.6. The standard InChI is InChI=1S/C14H16ClN3O4S2/c15-10-5-11-13(6-12(10)23(16,19)20)24(21,22)18-14(17-11)9-4-7-1-2-8(9)3-7/h1-2,5-9,14,17-18H,3-4H2,(H2,16,19,20)/t7-,8-,9+,14+/m0/s1. The van der Waals surface area contributed by atoms with Crippen molar-refractivity contribution in [2.24, 2.45) is 22.9 Å². The van der Waals surface area contributed by atoms with Gasteiger partial charge in [-0.1, -0.05) is 23.8 Å². The lowest BCUT2D eigenvalue weighted by atomic mass is 9.91. The predicted molar refractivity (Wildman–Crippen MR) is 89.4 cm³/mol. The molecular weight excluding hydrogens is 374 g/mol. The van der Waals surface area contributed by atoms with Crippen LogP contribution in [0.2, 0.25) is 5.02 Å². The summed E-state index contributed by atoms with van der Waals surface area (Å²) >= 11 is 5.98. The van der Waals surface area contributed by atoms with E-state index in [2.05, 4.69) is 22.2 Å². The Morgan fingerprint density at radius 1 is 1.21 bits per heavy atom. The van der Waals surface area contributed by atoms with Gasteiger partial charge < -0.3 is 5.32 Å². The molecule has 4 rings (SSSR count). The number of benzene rings is 1. The van der Waals surface area contributed by atoms with Crippen LogP contribution in [-0.2, 0) is 20.0 Å². The van der Waals surface area contributed by atoms with E-state index >= 15 is 0 Å². The summed E-state index contributed by atoms with van der Waals surface area (Å²) in [6.07, 6.45) is 5.84. The highest BCUT2D eigenvalue weighted by molar-refractivity contribution is 7.90. The number of nitrogens with one attached hydrogen (secondary N) is 2. The fourth-order valence-electron chi connectivity index (χ4n) is 3.92. The summed E-state index contributed by atoms with van der Waals surface area (Å²) in [5.74, 6) is 0.997. The van der Waals surface area contributed by atoms with Crippen molar-refractivity contribution in [2.45, 2.75) is 28.8 Å². The van der Waals surface area contributed by atoms with Crippen molar-refractivity contribution in [3.05, 3.63) is 29.3 Å². The molecule has 4 atom stereocenters. The van der Waals surface area contributed by atoms with Crippen LogP contribution in [0.3, 0.4) is 0 Å². The summed E-state index contributed by atoms with van der Waals surface area (Å²) in [6, 6.07) is 2.31. The molecule has 2 aliphatic carbocycles. The average molecular weight is 390 g/mol. The number of nitrogens with two attached hydrogens (primary N) is 1. The normalized spacial score (nSPS) is 33.2. The zero-order valence-corrected chi connectivity index (χ0v) is 14.8. The first-order valence-electron chi connectivity index (χ1n) is 7.49. The van der Waals surface area contributed by atoms with E-state index in [0.717, 1.165) is 18.9 Å². The van der Waals surface area contributed by atoms with Crippen LogP contribution in [-0.4, -0.2) is 23.0 Å². The first-order chi connectivity index (χ1) is 11.1. The highest BCUT2D eigenvalue weighted by Gasteiger charge is 2.44. The van der Waals surface area contributed by atoms with Gasteiger partial charge in [0.2, 0.25) is 20.0 Å². The summed E-state index contributed by atoms with van der Waals surface area (Å²) in [5.41, 5.74) is 0.294. The lowest BCUT2D eigenvalue weighted by Crippen LogP contribution is -2.50. The second kappa shape index (κ2) is 5.18. The summed E-state index contributed by atoms with van der Waals surface area (Å²) in [4.78, 5) is -0.567. The largest absolute Gasteiger partial charge is 0.368 e. The second-order valence-corrected chi connectivity index (χ2v) is 10.1. The van der Waals surface area contributed by atoms with Crippen LogP contribution >= 0.6 is 11.6 Å². The van der Waals surface area contributed by atoms with Gasteiger partial charge in [-0.15, -0.1) is 0 Å². The number of hydrogen-bond acceptors (Lipinski definition) is 5. The van der Waals surface area contributed by atoms with Gasteiger partial charge in [-0.05, 0) is 36.8 Å². The molecule has 0 radical (unpaired) electrons. The number of allylic oxidation sites excluding steroid dienone is 2. The topological polar surface area (TPSA) is 118 Å². The molecule has 0 saturated heterocycles. The van der Waals surface area contributed by atoms with E-state index in [-0.39, 0.29) is 15.8 Å². The number of rotatable bonds is 2. The first-order valence-corrected chi connectivity index (χ1v) is 10.9. The third-order valence-electron chi connectivity index (χ3n) is 4.98. The van der Waals surface area contributed by atoms with Crippen LogP contribution in [0.25, 0.3) is 0 Å². The Labute approximate surface area is 145 Å². The van der Waals surface area contributed by atoms with Crippen LogP contribution in [0.1, 0.15) is 12.8 Å². The fourth-order valence-corrected chi connectivity index (χ4v) is 6.47. The summed E-state index contributed by atoms with van der Waals surface area (Å²) in [5, 5.41) is 8.14. The molecule has 2 bridgehead atoms. The number of hydrogen-bond donors (Lipinski definition) is 3. The molecule has 0 aromatic heterocycles. The maximum Gasteiger partial charge on any atom is 0.244 e. The molecule has 24 heavy (non-hydrogen) atoms. The zero-order chi connectivity index (χ0) is 17.3. The second-order valence-electron chi connectivity index (χ2n) is 6.51. The van der Waals surface area contributed by atoms with E-state index in [9.17, 15) is 16.8 Å². The van der Waals surface area contributed by atoms with Gasteiger partial charge in [-0.3, -0.25) is 0 Å². The molecule has 1 heterocycles. The minimum atomic E-state index is -4.11. The smallest absolute Gasteiger partial charge is 0.244 e. The van der Waals surface area contributed by atoms with Crippen LogP contribution in [0.15, 0.2) is 34.1 Å². The summed E-state index contributed by atoms with van der Waals surface area (Å²) in [6.45, 7) is 0. The SMILES string of the molecule is NS(=O)(=O)c1cc2c(cc1Cl)N[C@@H]([C@@H]1C[C@H]3C=C[C@H]1C3)NS2(=O)=O. The van der Waals surface area contributed by atoms with Crippen molar-refractivity contribution in [1.82, 2.24) is 4.72 Å². The van der Waals surface area contributed by atoms with Crippen LogP contribution in [0.4, 0.5) is 5.69 Å². The molecule has 1 aliphatic heterocycles. The molecule has 3 aliphatic rings. The molecule has 1 saturated carbocycles. The third-order valence-corrected chi connectivity index (χ3v) is 7.84. The van der Waals surface area contributed by atoms with Gasteiger partial charge in [0, 0.05) is 5.92 Å². The summed E-state index contributed by atoms with van der Waals surface area (Å²) < 4.78 is 50.9. The third kappa shape index (κ3) is 2.55. The van der Waals surface area contributed by atoms with Gasteiger partial charge in [-0.25, -0.2) is 22.0 Å². The lowest BCUT2D eigenvalue weighted by Gasteiger charge is -2.35. The first kappa shape index (κ1) is 16.3. The van der Waals surface area contributed by atoms with E-state index in [1.807, 2.05) is 0 Å². The number of halogens is 1. The molecule has 10 heteroatoms. The Bertz CT molecular complexity index is 958. The van der Waals surface area contributed by atoms with Crippen molar-refractivity contribution in [3.8, 4) is 0 Å². The monoisotopic (exact) mass is 389 g/mol. The highest BCUT2D eigenvalue weighted by atomic mass is 35.5. The van der Waals surface area contributed by atoms with Gasteiger partial charge >= 0.3 is 0 Å². The predicted octanol–water partition coefficient (Wildman–Crippen LogP) is 1.23. The molecule has 0 spiro atoms. The molecule has 130 valence electrons. The van der Waals surface area contributed by atoms with Crippen molar-refractivity contribution in [2.75, 3.05) is 5.32 Å². The van der Waals surface area contributed by atoms with Gasteiger partial charge in [0.05, 0.1) is 16.9 Å². The number of sulfonamides is 2. The molecule has 4 N–H and O–H groups in total. The highest BCUT2D eigenvalue weighted by Crippen LogP contribution is 2.46. The quantitative estimate of drug-likeness (QED) is 0.657. The van der Waals surface area contributed by atoms with Gasteiger partial charge in [-0.2, -0.15) is 4.72 Å². The van der Waals surface area contributed by atoms with E-state index in [1.165, 1.54) is 6.07 Å². The molecule has 0 unspecified atom stereocenters. The molecule has 7 nitrogen and oxygen atoms in total. The van der Waals surface area contributed by atoms with E-state index in [0.29, 0.717) is 17.5 Å². The zero-order valence-electron chi connectivity index (χ0n) is 12.4. The lowest BCUT2D eigenvalue weighted by molar-refractivity contribution is 0.363. The minimum Gasteiger partial charge on any atom is -0.368 e. The Kier molecular flexibility index (Phi) is 3.53. The van der Waals surface area contributed by atoms with Crippen molar-refractivity contribution in [1.29, 1.82) is 0 Å². The average Bonchev–Trinajstić information content (AvgIpc) is 3.06. The molecule has 1 aromatic carbocycles. The van der Waals surface area contributed by atoms with Crippen LogP contribution in [0.5, 0.6) is 0 Å². The fraction of sp³-hybridized carbons (Fsp3) is 0.429. The molecule has 1 fully saturated rings. The van der Waals surface area contributed by atoms with Crippen LogP contribution < -0.4 is 15.2 Å². The van der Waals surface area contributed by atoms with Crippen molar-refractivity contribution >= 4 is 37.3 Å². The van der Waals surface area contributed by atoms with Gasteiger partial charge in [0.1, 0.15) is 9.79 Å². The number of anilines is 1. The van der Waals surface area contributed by atoms with E-state index < -0.39 is 31.1 Å². The van der Waals surface area contributed by atoms with Crippen molar-refractivity contribution in [3.63, 3.8) is 0 Å². The van der Waals surface area contributed by atoms with Gasteiger partial charge in [0.15, 0.2) is 0 Å². The minimum absolute atomic E-state index is 0.104. The van der Waals surface area contributed by atoms with E-state index in [4.69, 9.17) is 16.7 Å².